The van der Waals surface area contributed by atoms with Crippen LogP contribution in [-0.2, 0) is 14.6 Å². The van der Waals surface area contributed by atoms with Gasteiger partial charge in [-0.25, -0.2) is 8.42 Å². The molecule has 6 nitrogen and oxygen atoms in total. The van der Waals surface area contributed by atoms with Gasteiger partial charge in [-0.3, -0.25) is 4.99 Å². The highest BCUT2D eigenvalue weighted by atomic mass is 79.9. The van der Waals surface area contributed by atoms with Crippen LogP contribution in [0.1, 0.15) is 6.92 Å². The summed E-state index contributed by atoms with van der Waals surface area (Å²) in [5.74, 6) is 0.592. The van der Waals surface area contributed by atoms with Gasteiger partial charge in [0.15, 0.2) is 15.8 Å². The van der Waals surface area contributed by atoms with E-state index in [-0.39, 0.29) is 12.3 Å². The Labute approximate surface area is 140 Å². The fourth-order valence-corrected chi connectivity index (χ4v) is 3.08. The van der Waals surface area contributed by atoms with Crippen molar-refractivity contribution in [1.82, 2.24) is 10.6 Å². The fraction of sp³-hybridized carbons (Fsp3) is 0.500. The normalized spacial score (nSPS) is 12.2. The van der Waals surface area contributed by atoms with E-state index in [1.165, 1.54) is 0 Å². The fourth-order valence-electron chi connectivity index (χ4n) is 1.65. The number of guanidine groups is 1. The van der Waals surface area contributed by atoms with Crippen LogP contribution in [0, 0.1) is 0 Å². The molecule has 0 saturated carbocycles. The molecule has 0 spiro atoms. The van der Waals surface area contributed by atoms with Gasteiger partial charge in [-0.1, -0.05) is 15.9 Å². The van der Waals surface area contributed by atoms with Gasteiger partial charge in [0, 0.05) is 24.7 Å². The van der Waals surface area contributed by atoms with Crippen LogP contribution in [0.25, 0.3) is 0 Å². The quantitative estimate of drug-likeness (QED) is 0.398. The summed E-state index contributed by atoms with van der Waals surface area (Å²) in [6, 6.07) is 6.63. The Morgan fingerprint density at radius 1 is 1.27 bits per heavy atom. The van der Waals surface area contributed by atoms with Gasteiger partial charge in [0.05, 0.1) is 23.8 Å². The number of sulfone groups is 1. The highest BCUT2D eigenvalue weighted by Gasteiger charge is 2.14. The van der Waals surface area contributed by atoms with Gasteiger partial charge < -0.3 is 15.4 Å². The van der Waals surface area contributed by atoms with Crippen molar-refractivity contribution in [3.05, 3.63) is 28.7 Å². The predicted molar refractivity (Wildman–Crippen MR) is 92.1 cm³/mol. The lowest BCUT2D eigenvalue weighted by Crippen LogP contribution is -2.39. The number of hydrogen-bond donors (Lipinski definition) is 2. The van der Waals surface area contributed by atoms with Crippen LogP contribution in [0.4, 0.5) is 0 Å². The molecule has 0 heterocycles. The molecule has 0 aliphatic heterocycles. The second-order valence-electron chi connectivity index (χ2n) is 4.45. The number of methoxy groups -OCH3 is 1. The molecule has 0 radical (unpaired) electrons. The van der Waals surface area contributed by atoms with Crippen molar-refractivity contribution < 1.29 is 13.2 Å². The van der Waals surface area contributed by atoms with Gasteiger partial charge in [-0.2, -0.15) is 0 Å². The largest absolute Gasteiger partial charge is 0.383 e. The second-order valence-corrected chi connectivity index (χ2v) is 7.48. The average molecular weight is 392 g/mol. The summed E-state index contributed by atoms with van der Waals surface area (Å²) in [6.07, 6.45) is 0. The van der Waals surface area contributed by atoms with E-state index in [1.54, 1.807) is 31.4 Å². The van der Waals surface area contributed by atoms with Gasteiger partial charge in [-0.15, -0.1) is 0 Å². The molecular formula is C14H22BrN3O3S. The van der Waals surface area contributed by atoms with E-state index in [1.807, 2.05) is 6.92 Å². The second kappa shape index (κ2) is 9.81. The van der Waals surface area contributed by atoms with E-state index in [0.29, 0.717) is 30.6 Å². The van der Waals surface area contributed by atoms with Crippen LogP contribution < -0.4 is 10.6 Å². The molecule has 0 aromatic heterocycles. The number of hydrogen-bond acceptors (Lipinski definition) is 4. The minimum Gasteiger partial charge on any atom is -0.383 e. The molecule has 124 valence electrons. The first kappa shape index (κ1) is 18.9. The van der Waals surface area contributed by atoms with Crippen LogP contribution in [-0.4, -0.2) is 53.5 Å². The van der Waals surface area contributed by atoms with E-state index >= 15 is 0 Å². The highest BCUT2D eigenvalue weighted by Crippen LogP contribution is 2.15. The van der Waals surface area contributed by atoms with Crippen molar-refractivity contribution >= 4 is 31.7 Å². The number of nitrogens with one attached hydrogen (secondary N) is 2. The third-order valence-electron chi connectivity index (χ3n) is 2.75. The van der Waals surface area contributed by atoms with Crippen molar-refractivity contribution in [2.75, 3.05) is 39.1 Å². The first-order valence-corrected chi connectivity index (χ1v) is 9.43. The number of halogens is 1. The summed E-state index contributed by atoms with van der Waals surface area (Å²) >= 11 is 3.29. The summed E-state index contributed by atoms with van der Waals surface area (Å²) in [5.41, 5.74) is 0. The Morgan fingerprint density at radius 3 is 2.55 bits per heavy atom. The van der Waals surface area contributed by atoms with Crippen molar-refractivity contribution in [3.63, 3.8) is 0 Å². The summed E-state index contributed by atoms with van der Waals surface area (Å²) < 4.78 is 30.2. The molecule has 0 bridgehead atoms. The monoisotopic (exact) mass is 391 g/mol. The number of aliphatic imine (C=N–C) groups is 1. The molecule has 0 atom stereocenters. The number of benzene rings is 1. The summed E-state index contributed by atoms with van der Waals surface area (Å²) in [4.78, 5) is 4.59. The lowest BCUT2D eigenvalue weighted by molar-refractivity contribution is 0.208. The maximum atomic E-state index is 12.2. The minimum absolute atomic E-state index is 0.00330. The van der Waals surface area contributed by atoms with E-state index in [4.69, 9.17) is 4.74 Å². The van der Waals surface area contributed by atoms with E-state index in [9.17, 15) is 8.42 Å². The maximum absolute atomic E-state index is 12.2. The lowest BCUT2D eigenvalue weighted by Gasteiger charge is -2.11. The highest BCUT2D eigenvalue weighted by molar-refractivity contribution is 9.10. The molecule has 1 aromatic carbocycles. The SMILES string of the molecule is CCNC(=NCCOC)NCCS(=O)(=O)c1ccc(Br)cc1. The van der Waals surface area contributed by atoms with Crippen LogP contribution >= 0.6 is 15.9 Å². The summed E-state index contributed by atoms with van der Waals surface area (Å²) in [7, 11) is -1.69. The van der Waals surface area contributed by atoms with Gasteiger partial charge in [-0.05, 0) is 31.2 Å². The zero-order valence-corrected chi connectivity index (χ0v) is 15.2. The third-order valence-corrected chi connectivity index (χ3v) is 5.01. The Bertz CT molecular complexity index is 574. The molecule has 1 rings (SSSR count). The summed E-state index contributed by atoms with van der Waals surface area (Å²) in [6.45, 7) is 3.99. The van der Waals surface area contributed by atoms with Gasteiger partial charge in [0.2, 0.25) is 0 Å². The molecule has 22 heavy (non-hydrogen) atoms. The average Bonchev–Trinajstić information content (AvgIpc) is 2.48. The first-order valence-electron chi connectivity index (χ1n) is 6.99. The van der Waals surface area contributed by atoms with Crippen molar-refractivity contribution in [2.24, 2.45) is 4.99 Å². The number of nitrogens with zero attached hydrogens (tertiary/aromatic N) is 1. The third kappa shape index (κ3) is 6.76. The number of ether oxygens (including phenoxy) is 1. The standard InChI is InChI=1S/C14H22BrN3O3S/c1-3-16-14(17-8-10-21-2)18-9-11-22(19,20)13-6-4-12(15)5-7-13/h4-7H,3,8-11H2,1-2H3,(H2,16,17,18). The first-order chi connectivity index (χ1) is 10.5. The van der Waals surface area contributed by atoms with E-state index in [2.05, 4.69) is 31.6 Å². The van der Waals surface area contributed by atoms with Crippen LogP contribution in [0.15, 0.2) is 38.6 Å². The molecular weight excluding hydrogens is 370 g/mol. The molecule has 0 amide bonds. The Kier molecular flexibility index (Phi) is 8.44. The minimum atomic E-state index is -3.30. The van der Waals surface area contributed by atoms with Crippen molar-refractivity contribution in [3.8, 4) is 0 Å². The van der Waals surface area contributed by atoms with E-state index in [0.717, 1.165) is 4.47 Å². The molecule has 0 fully saturated rings. The maximum Gasteiger partial charge on any atom is 0.191 e. The van der Waals surface area contributed by atoms with Crippen LogP contribution in [0.5, 0.6) is 0 Å². The molecule has 2 N–H and O–H groups in total. The predicted octanol–water partition coefficient (Wildman–Crippen LogP) is 1.42. The smallest absolute Gasteiger partial charge is 0.191 e. The van der Waals surface area contributed by atoms with Crippen molar-refractivity contribution in [2.45, 2.75) is 11.8 Å². The zero-order chi connectivity index (χ0) is 16.4. The lowest BCUT2D eigenvalue weighted by atomic mass is 10.4. The molecule has 0 unspecified atom stereocenters. The molecule has 1 aromatic rings. The van der Waals surface area contributed by atoms with Gasteiger partial charge >= 0.3 is 0 Å². The zero-order valence-electron chi connectivity index (χ0n) is 12.8. The molecule has 8 heteroatoms. The topological polar surface area (TPSA) is 79.8 Å². The molecule has 0 saturated heterocycles. The van der Waals surface area contributed by atoms with Crippen LogP contribution in [0.2, 0.25) is 0 Å². The van der Waals surface area contributed by atoms with Crippen LogP contribution in [0.3, 0.4) is 0 Å². The molecule has 0 aliphatic rings. The Balaban J connectivity index is 2.56. The van der Waals surface area contributed by atoms with Gasteiger partial charge in [0.1, 0.15) is 0 Å². The van der Waals surface area contributed by atoms with Gasteiger partial charge in [0.25, 0.3) is 0 Å². The van der Waals surface area contributed by atoms with E-state index < -0.39 is 9.84 Å². The van der Waals surface area contributed by atoms with Crippen molar-refractivity contribution in [1.29, 1.82) is 0 Å². The number of rotatable bonds is 8. The Hall–Kier alpha value is -1.12. The Morgan fingerprint density at radius 2 is 1.95 bits per heavy atom. The molecule has 0 aliphatic carbocycles. The summed E-state index contributed by atoms with van der Waals surface area (Å²) in [5, 5.41) is 6.07.